The minimum absolute atomic E-state index is 0.264. The molecule has 1 aliphatic carbocycles. The maximum atomic E-state index is 5.96. The van der Waals surface area contributed by atoms with E-state index in [1.165, 1.54) is 29.5 Å². The summed E-state index contributed by atoms with van der Waals surface area (Å²) in [6.45, 7) is 7.40. The van der Waals surface area contributed by atoms with Gasteiger partial charge in [0.15, 0.2) is 0 Å². The van der Waals surface area contributed by atoms with Gasteiger partial charge in [-0.2, -0.15) is 0 Å². The van der Waals surface area contributed by atoms with E-state index in [0.29, 0.717) is 5.92 Å². The van der Waals surface area contributed by atoms with Crippen LogP contribution < -0.4 is 10.5 Å². The quantitative estimate of drug-likeness (QED) is 0.865. The number of benzene rings is 1. The third kappa shape index (κ3) is 2.14. The van der Waals surface area contributed by atoms with Crippen LogP contribution in [-0.4, -0.2) is 13.7 Å². The molecule has 1 aromatic rings. The molecule has 1 fully saturated rings. The Morgan fingerprint density at radius 3 is 2.39 bits per heavy atom. The molecule has 1 aromatic carbocycles. The van der Waals surface area contributed by atoms with Gasteiger partial charge in [-0.15, -0.1) is 0 Å². The fraction of sp³-hybridized carbons (Fsp3) is 0.625. The Labute approximate surface area is 111 Å². The van der Waals surface area contributed by atoms with Gasteiger partial charge in [-0.3, -0.25) is 0 Å². The molecule has 18 heavy (non-hydrogen) atoms. The van der Waals surface area contributed by atoms with Crippen molar-refractivity contribution in [3.63, 3.8) is 0 Å². The van der Waals surface area contributed by atoms with Crippen molar-refractivity contribution in [2.45, 2.75) is 51.4 Å². The van der Waals surface area contributed by atoms with E-state index in [4.69, 9.17) is 10.5 Å². The van der Waals surface area contributed by atoms with Crippen molar-refractivity contribution in [1.29, 1.82) is 0 Å². The van der Waals surface area contributed by atoms with Gasteiger partial charge in [0, 0.05) is 12.0 Å². The van der Waals surface area contributed by atoms with Gasteiger partial charge in [-0.05, 0) is 41.9 Å². The summed E-state index contributed by atoms with van der Waals surface area (Å²) in [5, 5.41) is 0. The fourth-order valence-electron chi connectivity index (χ4n) is 2.72. The van der Waals surface area contributed by atoms with Crippen LogP contribution in [0.4, 0.5) is 0 Å². The first-order chi connectivity index (χ1) is 8.57. The highest BCUT2D eigenvalue weighted by Crippen LogP contribution is 2.49. The summed E-state index contributed by atoms with van der Waals surface area (Å²) in [4.78, 5) is 0. The number of methoxy groups -OCH3 is 1. The average Bonchev–Trinajstić information content (AvgIpc) is 3.17. The molecule has 0 spiro atoms. The second-order valence-electron chi connectivity index (χ2n) is 5.75. The molecule has 100 valence electrons. The van der Waals surface area contributed by atoms with E-state index in [1.54, 1.807) is 7.11 Å². The predicted molar refractivity (Wildman–Crippen MR) is 76.4 cm³/mol. The van der Waals surface area contributed by atoms with Crippen molar-refractivity contribution >= 4 is 0 Å². The molecule has 0 radical (unpaired) electrons. The molecule has 0 amide bonds. The zero-order valence-electron chi connectivity index (χ0n) is 12.0. The first-order valence-electron chi connectivity index (χ1n) is 6.99. The highest BCUT2D eigenvalue weighted by atomic mass is 16.5. The van der Waals surface area contributed by atoms with Crippen molar-refractivity contribution in [2.75, 3.05) is 13.7 Å². The number of hydrogen-bond donors (Lipinski definition) is 1. The van der Waals surface area contributed by atoms with Crippen molar-refractivity contribution in [1.82, 2.24) is 0 Å². The smallest absolute Gasteiger partial charge is 0.125 e. The Morgan fingerprint density at radius 1 is 1.33 bits per heavy atom. The number of nitrogens with two attached hydrogens (primary N) is 1. The number of aryl methyl sites for hydroxylation is 1. The SMILES string of the molecule is CCc1cc(C2(CN)CC2)cc(C(C)C)c1OC. The first-order valence-corrected chi connectivity index (χ1v) is 6.99. The maximum absolute atomic E-state index is 5.96. The minimum Gasteiger partial charge on any atom is -0.496 e. The van der Waals surface area contributed by atoms with E-state index in [1.807, 2.05) is 0 Å². The lowest BCUT2D eigenvalue weighted by Crippen LogP contribution is -2.20. The van der Waals surface area contributed by atoms with E-state index in [0.717, 1.165) is 18.7 Å². The van der Waals surface area contributed by atoms with Gasteiger partial charge in [0.05, 0.1) is 7.11 Å². The summed E-state index contributed by atoms with van der Waals surface area (Å²) in [6, 6.07) is 4.63. The largest absolute Gasteiger partial charge is 0.496 e. The van der Waals surface area contributed by atoms with Crippen LogP contribution in [0.25, 0.3) is 0 Å². The topological polar surface area (TPSA) is 35.2 Å². The lowest BCUT2D eigenvalue weighted by Gasteiger charge is -2.21. The maximum Gasteiger partial charge on any atom is 0.125 e. The second kappa shape index (κ2) is 4.93. The van der Waals surface area contributed by atoms with E-state index in [-0.39, 0.29) is 5.41 Å². The molecule has 2 heteroatoms. The van der Waals surface area contributed by atoms with Crippen molar-refractivity contribution in [3.05, 3.63) is 28.8 Å². The second-order valence-corrected chi connectivity index (χ2v) is 5.75. The minimum atomic E-state index is 0.264. The molecule has 0 heterocycles. The molecule has 0 unspecified atom stereocenters. The zero-order chi connectivity index (χ0) is 13.3. The van der Waals surface area contributed by atoms with Gasteiger partial charge in [0.25, 0.3) is 0 Å². The van der Waals surface area contributed by atoms with E-state index >= 15 is 0 Å². The summed E-state index contributed by atoms with van der Waals surface area (Å²) in [5.74, 6) is 1.56. The van der Waals surface area contributed by atoms with Crippen LogP contribution in [0.15, 0.2) is 12.1 Å². The summed E-state index contributed by atoms with van der Waals surface area (Å²) in [7, 11) is 1.77. The Kier molecular flexibility index (Phi) is 3.67. The molecule has 1 aliphatic rings. The Balaban J connectivity index is 2.54. The normalized spacial score (nSPS) is 17.0. The van der Waals surface area contributed by atoms with Crippen LogP contribution in [0.5, 0.6) is 5.75 Å². The monoisotopic (exact) mass is 247 g/mol. The average molecular weight is 247 g/mol. The fourth-order valence-corrected chi connectivity index (χ4v) is 2.72. The van der Waals surface area contributed by atoms with Crippen LogP contribution in [0, 0.1) is 0 Å². The predicted octanol–water partition coefficient (Wildman–Crippen LogP) is 3.37. The molecule has 2 N–H and O–H groups in total. The van der Waals surface area contributed by atoms with Gasteiger partial charge in [0.1, 0.15) is 5.75 Å². The number of rotatable bonds is 5. The zero-order valence-corrected chi connectivity index (χ0v) is 12.0. The lowest BCUT2D eigenvalue weighted by molar-refractivity contribution is 0.402. The van der Waals surface area contributed by atoms with Gasteiger partial charge < -0.3 is 10.5 Å². The van der Waals surface area contributed by atoms with Crippen LogP contribution >= 0.6 is 0 Å². The van der Waals surface area contributed by atoms with Crippen LogP contribution in [0.3, 0.4) is 0 Å². The van der Waals surface area contributed by atoms with Crippen LogP contribution in [-0.2, 0) is 11.8 Å². The van der Waals surface area contributed by atoms with Crippen molar-refractivity contribution < 1.29 is 4.74 Å². The molecule has 2 rings (SSSR count). The number of hydrogen-bond acceptors (Lipinski definition) is 2. The molecule has 1 saturated carbocycles. The first kappa shape index (κ1) is 13.4. The van der Waals surface area contributed by atoms with E-state index in [2.05, 4.69) is 32.9 Å². The molecular weight excluding hydrogens is 222 g/mol. The summed E-state index contributed by atoms with van der Waals surface area (Å²) >= 11 is 0. The standard InChI is InChI=1S/C16H25NO/c1-5-12-8-13(16(10-17)6-7-16)9-14(11(2)3)15(12)18-4/h8-9,11H,5-7,10,17H2,1-4H3. The summed E-state index contributed by atoms with van der Waals surface area (Å²) in [5.41, 5.74) is 10.3. The molecule has 2 nitrogen and oxygen atoms in total. The third-order valence-corrected chi connectivity index (χ3v) is 4.26. The van der Waals surface area contributed by atoms with Crippen LogP contribution in [0.2, 0.25) is 0 Å². The van der Waals surface area contributed by atoms with Crippen LogP contribution in [0.1, 0.15) is 56.2 Å². The molecule has 0 aromatic heterocycles. The Morgan fingerprint density at radius 2 is 2.00 bits per heavy atom. The lowest BCUT2D eigenvalue weighted by atomic mass is 9.88. The van der Waals surface area contributed by atoms with Gasteiger partial charge in [0.2, 0.25) is 0 Å². The Bertz CT molecular complexity index is 433. The highest BCUT2D eigenvalue weighted by molar-refractivity contribution is 5.49. The highest BCUT2D eigenvalue weighted by Gasteiger charge is 2.43. The van der Waals surface area contributed by atoms with Crippen molar-refractivity contribution in [2.24, 2.45) is 5.73 Å². The van der Waals surface area contributed by atoms with E-state index in [9.17, 15) is 0 Å². The summed E-state index contributed by atoms with van der Waals surface area (Å²) in [6.07, 6.45) is 3.48. The molecule has 0 bridgehead atoms. The van der Waals surface area contributed by atoms with Crippen molar-refractivity contribution in [3.8, 4) is 5.75 Å². The Hall–Kier alpha value is -1.02. The van der Waals surface area contributed by atoms with E-state index < -0.39 is 0 Å². The van der Waals surface area contributed by atoms with Gasteiger partial charge in [-0.25, -0.2) is 0 Å². The van der Waals surface area contributed by atoms with Gasteiger partial charge in [-0.1, -0.05) is 32.9 Å². The summed E-state index contributed by atoms with van der Waals surface area (Å²) < 4.78 is 5.62. The van der Waals surface area contributed by atoms with Gasteiger partial charge >= 0.3 is 0 Å². The number of ether oxygens (including phenoxy) is 1. The molecule has 0 saturated heterocycles. The third-order valence-electron chi connectivity index (χ3n) is 4.26. The molecule has 0 atom stereocenters. The molecular formula is C16H25NO. The molecule has 0 aliphatic heterocycles.